The van der Waals surface area contributed by atoms with Crippen molar-refractivity contribution < 1.29 is 5.11 Å². The maximum atomic E-state index is 10.1. The van der Waals surface area contributed by atoms with E-state index in [1.807, 2.05) is 54.6 Å². The van der Waals surface area contributed by atoms with Crippen LogP contribution in [0.2, 0.25) is 0 Å². The summed E-state index contributed by atoms with van der Waals surface area (Å²) in [6.45, 7) is 0. The van der Waals surface area contributed by atoms with Crippen molar-refractivity contribution in [1.29, 1.82) is 0 Å². The second-order valence-electron chi connectivity index (χ2n) is 5.13. The topological polar surface area (TPSA) is 73.8 Å². The number of aromatic nitrogens is 3. The van der Waals surface area contributed by atoms with Crippen molar-refractivity contribution in [2.45, 2.75) is 6.42 Å². The number of hydrogen-bond acceptors (Lipinski definition) is 5. The number of rotatable bonds is 4. The molecule has 0 radical (unpaired) electrons. The van der Waals surface area contributed by atoms with E-state index in [-0.39, 0.29) is 5.88 Å². The van der Waals surface area contributed by atoms with Crippen LogP contribution in [0.3, 0.4) is 0 Å². The molecule has 0 aliphatic rings. The molecule has 0 saturated carbocycles. The van der Waals surface area contributed by atoms with E-state index < -0.39 is 0 Å². The Morgan fingerprint density at radius 2 is 1.78 bits per heavy atom. The fourth-order valence-electron chi connectivity index (χ4n) is 2.40. The molecule has 0 bridgehead atoms. The van der Waals surface area contributed by atoms with Crippen LogP contribution < -0.4 is 5.32 Å². The van der Waals surface area contributed by atoms with Gasteiger partial charge in [0.05, 0.1) is 15.9 Å². The van der Waals surface area contributed by atoms with Crippen molar-refractivity contribution in [3.63, 3.8) is 0 Å². The number of imidazole rings is 1. The van der Waals surface area contributed by atoms with E-state index in [1.165, 1.54) is 11.3 Å². The summed E-state index contributed by atoms with van der Waals surface area (Å²) >= 11 is 1.43. The first-order chi connectivity index (χ1) is 11.3. The second kappa shape index (κ2) is 5.73. The third-order valence-corrected chi connectivity index (χ3v) is 4.43. The molecule has 0 amide bonds. The SMILES string of the molecule is Oc1nc(Nc2ccccc2)sc1Cc1nc2ccccc2[nH]1. The van der Waals surface area contributed by atoms with Crippen molar-refractivity contribution in [3.05, 3.63) is 65.3 Å². The number of anilines is 2. The zero-order chi connectivity index (χ0) is 15.6. The third kappa shape index (κ3) is 2.89. The van der Waals surface area contributed by atoms with E-state index in [1.54, 1.807) is 0 Å². The molecular formula is C17H14N4OS. The lowest BCUT2D eigenvalue weighted by atomic mass is 10.3. The van der Waals surface area contributed by atoms with Crippen molar-refractivity contribution in [2.75, 3.05) is 5.32 Å². The van der Waals surface area contributed by atoms with Crippen LogP contribution in [0.25, 0.3) is 11.0 Å². The average molecular weight is 322 g/mol. The first-order valence-corrected chi connectivity index (χ1v) is 8.04. The Bertz CT molecular complexity index is 913. The van der Waals surface area contributed by atoms with Crippen LogP contribution in [0.1, 0.15) is 10.7 Å². The van der Waals surface area contributed by atoms with Crippen LogP contribution in [0.4, 0.5) is 10.8 Å². The molecule has 0 spiro atoms. The number of nitrogens with zero attached hydrogens (tertiary/aromatic N) is 2. The molecule has 2 aromatic heterocycles. The summed E-state index contributed by atoms with van der Waals surface area (Å²) in [4.78, 5) is 12.8. The summed E-state index contributed by atoms with van der Waals surface area (Å²) in [6, 6.07) is 17.6. The Balaban J connectivity index is 1.57. The predicted molar refractivity (Wildman–Crippen MR) is 92.4 cm³/mol. The summed E-state index contributed by atoms with van der Waals surface area (Å²) in [7, 11) is 0. The molecule has 0 fully saturated rings. The highest BCUT2D eigenvalue weighted by molar-refractivity contribution is 7.16. The molecule has 0 unspecified atom stereocenters. The molecule has 0 saturated heterocycles. The molecule has 23 heavy (non-hydrogen) atoms. The van der Waals surface area contributed by atoms with Crippen LogP contribution in [0.5, 0.6) is 5.88 Å². The van der Waals surface area contributed by atoms with Crippen LogP contribution in [0, 0.1) is 0 Å². The number of fused-ring (bicyclic) bond motifs is 1. The molecule has 3 N–H and O–H groups in total. The van der Waals surface area contributed by atoms with E-state index in [0.717, 1.165) is 27.4 Å². The Morgan fingerprint density at radius 3 is 2.61 bits per heavy atom. The predicted octanol–water partition coefficient (Wildman–Crippen LogP) is 4.06. The quantitative estimate of drug-likeness (QED) is 0.530. The Kier molecular flexibility index (Phi) is 3.44. The fourth-order valence-corrected chi connectivity index (χ4v) is 3.28. The van der Waals surface area contributed by atoms with Gasteiger partial charge in [0, 0.05) is 12.1 Å². The number of hydrogen-bond donors (Lipinski definition) is 3. The monoisotopic (exact) mass is 322 g/mol. The number of aromatic amines is 1. The van der Waals surface area contributed by atoms with Gasteiger partial charge in [-0.15, -0.1) is 0 Å². The van der Waals surface area contributed by atoms with Gasteiger partial charge >= 0.3 is 0 Å². The summed E-state index contributed by atoms with van der Waals surface area (Å²) in [6.07, 6.45) is 0.522. The molecule has 0 aliphatic carbocycles. The first-order valence-electron chi connectivity index (χ1n) is 7.22. The fraction of sp³-hybridized carbons (Fsp3) is 0.0588. The lowest BCUT2D eigenvalue weighted by molar-refractivity contribution is 0.452. The minimum absolute atomic E-state index is 0.0499. The highest BCUT2D eigenvalue weighted by Crippen LogP contribution is 2.31. The highest BCUT2D eigenvalue weighted by Gasteiger charge is 2.13. The van der Waals surface area contributed by atoms with E-state index >= 15 is 0 Å². The van der Waals surface area contributed by atoms with Gasteiger partial charge in [0.2, 0.25) is 5.88 Å². The van der Waals surface area contributed by atoms with Gasteiger partial charge < -0.3 is 15.4 Å². The zero-order valence-electron chi connectivity index (χ0n) is 12.2. The van der Waals surface area contributed by atoms with E-state index in [9.17, 15) is 5.11 Å². The second-order valence-corrected chi connectivity index (χ2v) is 6.22. The normalized spacial score (nSPS) is 11.0. The molecule has 5 nitrogen and oxygen atoms in total. The Labute approximate surface area is 136 Å². The average Bonchev–Trinajstić information content (AvgIpc) is 3.11. The summed E-state index contributed by atoms with van der Waals surface area (Å²) < 4.78 is 0. The summed E-state index contributed by atoms with van der Waals surface area (Å²) in [5.74, 6) is 0.866. The van der Waals surface area contributed by atoms with E-state index in [4.69, 9.17) is 0 Å². The molecule has 4 rings (SSSR count). The van der Waals surface area contributed by atoms with Gasteiger partial charge in [-0.2, -0.15) is 4.98 Å². The van der Waals surface area contributed by atoms with Crippen LogP contribution in [-0.2, 0) is 6.42 Å². The summed E-state index contributed by atoms with van der Waals surface area (Å²) in [5.41, 5.74) is 2.86. The zero-order valence-corrected chi connectivity index (χ0v) is 13.0. The van der Waals surface area contributed by atoms with Crippen molar-refractivity contribution in [3.8, 4) is 5.88 Å². The van der Waals surface area contributed by atoms with Gasteiger partial charge in [-0.1, -0.05) is 41.7 Å². The molecule has 2 heterocycles. The number of para-hydroxylation sites is 3. The molecule has 2 aromatic carbocycles. The Morgan fingerprint density at radius 1 is 1.00 bits per heavy atom. The third-order valence-electron chi connectivity index (χ3n) is 3.47. The standard InChI is InChI=1S/C17H14N4OS/c22-16-14(10-15-19-12-8-4-5-9-13(12)20-15)23-17(21-16)18-11-6-2-1-3-7-11/h1-9,22H,10H2,(H,18,21)(H,19,20). The van der Waals surface area contributed by atoms with Crippen LogP contribution in [0.15, 0.2) is 54.6 Å². The molecule has 114 valence electrons. The van der Waals surface area contributed by atoms with Crippen molar-refractivity contribution >= 4 is 33.2 Å². The van der Waals surface area contributed by atoms with Crippen LogP contribution >= 0.6 is 11.3 Å². The molecule has 0 aliphatic heterocycles. The highest BCUT2D eigenvalue weighted by atomic mass is 32.1. The maximum absolute atomic E-state index is 10.1. The minimum Gasteiger partial charge on any atom is -0.492 e. The summed E-state index contributed by atoms with van der Waals surface area (Å²) in [5, 5.41) is 13.9. The largest absolute Gasteiger partial charge is 0.492 e. The van der Waals surface area contributed by atoms with Gasteiger partial charge in [-0.3, -0.25) is 0 Å². The van der Waals surface area contributed by atoms with Crippen LogP contribution in [-0.4, -0.2) is 20.1 Å². The number of aromatic hydroxyl groups is 1. The molecule has 6 heteroatoms. The van der Waals surface area contributed by atoms with E-state index in [2.05, 4.69) is 20.3 Å². The van der Waals surface area contributed by atoms with E-state index in [0.29, 0.717) is 11.6 Å². The van der Waals surface area contributed by atoms with Gasteiger partial charge in [-0.25, -0.2) is 4.98 Å². The van der Waals surface area contributed by atoms with Gasteiger partial charge in [0.15, 0.2) is 5.13 Å². The smallest absolute Gasteiger partial charge is 0.227 e. The maximum Gasteiger partial charge on any atom is 0.227 e. The first kappa shape index (κ1) is 13.8. The van der Waals surface area contributed by atoms with Gasteiger partial charge in [0.1, 0.15) is 5.82 Å². The number of benzene rings is 2. The van der Waals surface area contributed by atoms with Crippen molar-refractivity contribution in [1.82, 2.24) is 15.0 Å². The number of nitrogens with one attached hydrogen (secondary N) is 2. The molecular weight excluding hydrogens is 308 g/mol. The molecule has 4 aromatic rings. The number of H-pyrrole nitrogens is 1. The minimum atomic E-state index is 0.0499. The Hall–Kier alpha value is -2.86. The van der Waals surface area contributed by atoms with Gasteiger partial charge in [0.25, 0.3) is 0 Å². The lowest BCUT2D eigenvalue weighted by Crippen LogP contribution is -1.87. The molecule has 0 atom stereocenters. The van der Waals surface area contributed by atoms with Gasteiger partial charge in [-0.05, 0) is 24.3 Å². The lowest BCUT2D eigenvalue weighted by Gasteiger charge is -1.99. The number of thiazole rings is 1. The van der Waals surface area contributed by atoms with Crippen molar-refractivity contribution in [2.24, 2.45) is 0 Å².